The molecule has 1 aromatic heterocycles. The van der Waals surface area contributed by atoms with Gasteiger partial charge in [-0.25, -0.2) is 13.8 Å². The van der Waals surface area contributed by atoms with Crippen LogP contribution in [-0.4, -0.2) is 41.8 Å². The molecule has 20 heavy (non-hydrogen) atoms. The van der Waals surface area contributed by atoms with E-state index in [9.17, 15) is 8.78 Å². The Hall–Kier alpha value is -1.27. The van der Waals surface area contributed by atoms with Crippen molar-refractivity contribution in [3.63, 3.8) is 0 Å². The highest BCUT2D eigenvalue weighted by Gasteiger charge is 2.18. The van der Waals surface area contributed by atoms with Gasteiger partial charge in [0, 0.05) is 30.4 Å². The number of nitrogens with zero attached hydrogens (tertiary/aromatic N) is 2. The van der Waals surface area contributed by atoms with Crippen molar-refractivity contribution in [2.45, 2.75) is 39.3 Å². The second kappa shape index (κ2) is 7.50. The van der Waals surface area contributed by atoms with Crippen molar-refractivity contribution >= 4 is 5.82 Å². The van der Waals surface area contributed by atoms with Crippen molar-refractivity contribution in [3.8, 4) is 0 Å². The van der Waals surface area contributed by atoms with Gasteiger partial charge in [0.25, 0.3) is 6.43 Å². The minimum absolute atomic E-state index is 0.0718. The summed E-state index contributed by atoms with van der Waals surface area (Å²) in [5.74, 6) is 0.499. The maximum absolute atomic E-state index is 12.6. The monoisotopic (exact) mass is 287 g/mol. The Morgan fingerprint density at radius 2 is 2.10 bits per heavy atom. The van der Waals surface area contributed by atoms with E-state index in [0.717, 1.165) is 5.56 Å². The Balaban J connectivity index is 2.90. The molecule has 0 spiro atoms. The third kappa shape index (κ3) is 5.79. The highest BCUT2D eigenvalue weighted by molar-refractivity contribution is 5.46. The van der Waals surface area contributed by atoms with Gasteiger partial charge >= 0.3 is 0 Å². The fraction of sp³-hybridized carbons (Fsp3) is 0.643. The molecule has 114 valence electrons. The fourth-order valence-corrected chi connectivity index (χ4v) is 1.78. The summed E-state index contributed by atoms with van der Waals surface area (Å²) in [6.07, 6.45) is -0.891. The molecule has 2 N–H and O–H groups in total. The maximum Gasteiger partial charge on any atom is 0.255 e. The molecule has 0 aliphatic carbocycles. The number of hydrogen-bond acceptors (Lipinski definition) is 4. The molecule has 0 atom stereocenters. The highest BCUT2D eigenvalue weighted by Crippen LogP contribution is 2.19. The molecular formula is C14H23F2N3O. The van der Waals surface area contributed by atoms with E-state index >= 15 is 0 Å². The number of hydrogen-bond donors (Lipinski definition) is 2. The molecule has 0 fully saturated rings. The van der Waals surface area contributed by atoms with Crippen LogP contribution in [0.1, 0.15) is 26.3 Å². The van der Waals surface area contributed by atoms with Gasteiger partial charge in [-0.1, -0.05) is 6.07 Å². The van der Waals surface area contributed by atoms with Crippen LogP contribution in [0.2, 0.25) is 0 Å². The topological polar surface area (TPSA) is 48.4 Å². The number of nitrogens with one attached hydrogen (secondary N) is 1. The second-order valence-corrected chi connectivity index (χ2v) is 5.65. The van der Waals surface area contributed by atoms with E-state index in [2.05, 4.69) is 10.3 Å². The number of aliphatic hydroxyl groups excluding tert-OH is 1. The normalized spacial score (nSPS) is 11.9. The lowest BCUT2D eigenvalue weighted by molar-refractivity contribution is 0.152. The fourth-order valence-electron chi connectivity index (χ4n) is 1.78. The molecule has 0 aliphatic rings. The van der Waals surface area contributed by atoms with Gasteiger partial charge in [0.1, 0.15) is 5.82 Å². The average Bonchev–Trinajstić information content (AvgIpc) is 2.35. The minimum atomic E-state index is -2.47. The predicted molar refractivity (Wildman–Crippen MR) is 76.1 cm³/mol. The van der Waals surface area contributed by atoms with Crippen LogP contribution < -0.4 is 10.2 Å². The summed E-state index contributed by atoms with van der Waals surface area (Å²) < 4.78 is 25.3. The van der Waals surface area contributed by atoms with Crippen molar-refractivity contribution in [1.29, 1.82) is 0 Å². The van der Waals surface area contributed by atoms with Gasteiger partial charge in [-0.05, 0) is 26.8 Å². The molecule has 0 amide bonds. The first-order chi connectivity index (χ1) is 9.33. The molecule has 0 aliphatic heterocycles. The SMILES string of the molecule is CC(C)(C)NCc1cccnc1N(CCO)CC(F)F. The predicted octanol–water partition coefficient (Wildman–Crippen LogP) is 2.03. The summed E-state index contributed by atoms with van der Waals surface area (Å²) in [5.41, 5.74) is 0.772. The van der Waals surface area contributed by atoms with Crippen LogP contribution in [0.3, 0.4) is 0 Å². The molecule has 1 rings (SSSR count). The largest absolute Gasteiger partial charge is 0.395 e. The number of halogens is 2. The van der Waals surface area contributed by atoms with Crippen molar-refractivity contribution < 1.29 is 13.9 Å². The van der Waals surface area contributed by atoms with Gasteiger partial charge < -0.3 is 15.3 Å². The molecule has 0 bridgehead atoms. The van der Waals surface area contributed by atoms with Gasteiger partial charge in [0.15, 0.2) is 0 Å². The van der Waals surface area contributed by atoms with E-state index < -0.39 is 13.0 Å². The van der Waals surface area contributed by atoms with Crippen molar-refractivity contribution in [1.82, 2.24) is 10.3 Å². The first kappa shape index (κ1) is 16.8. The molecule has 6 heteroatoms. The lowest BCUT2D eigenvalue weighted by Gasteiger charge is -2.26. The van der Waals surface area contributed by atoms with E-state index in [1.165, 1.54) is 4.90 Å². The third-order valence-electron chi connectivity index (χ3n) is 2.70. The summed E-state index contributed by atoms with van der Waals surface area (Å²) >= 11 is 0. The van der Waals surface area contributed by atoms with Crippen LogP contribution in [0.15, 0.2) is 18.3 Å². The van der Waals surface area contributed by atoms with Crippen LogP contribution in [0.25, 0.3) is 0 Å². The molecule has 4 nitrogen and oxygen atoms in total. The summed E-state index contributed by atoms with van der Waals surface area (Å²) in [4.78, 5) is 5.61. The van der Waals surface area contributed by atoms with Crippen molar-refractivity contribution in [2.24, 2.45) is 0 Å². The molecule has 0 saturated heterocycles. The number of aromatic nitrogens is 1. The van der Waals surface area contributed by atoms with E-state index in [-0.39, 0.29) is 18.7 Å². The summed E-state index contributed by atoms with van der Waals surface area (Å²) in [6.45, 7) is 6.17. The summed E-state index contributed by atoms with van der Waals surface area (Å²) in [7, 11) is 0. The van der Waals surface area contributed by atoms with Crippen LogP contribution in [0.4, 0.5) is 14.6 Å². The Labute approximate surface area is 118 Å². The van der Waals surface area contributed by atoms with Gasteiger partial charge in [-0.3, -0.25) is 0 Å². The molecule has 0 saturated carbocycles. The quantitative estimate of drug-likeness (QED) is 0.805. The van der Waals surface area contributed by atoms with Crippen molar-refractivity contribution in [2.75, 3.05) is 24.6 Å². The van der Waals surface area contributed by atoms with Crippen LogP contribution in [-0.2, 0) is 6.54 Å². The summed E-state index contributed by atoms with van der Waals surface area (Å²) in [5, 5.41) is 12.3. The highest BCUT2D eigenvalue weighted by atomic mass is 19.3. The van der Waals surface area contributed by atoms with Crippen LogP contribution in [0.5, 0.6) is 0 Å². The first-order valence-electron chi connectivity index (χ1n) is 6.66. The average molecular weight is 287 g/mol. The van der Waals surface area contributed by atoms with Crippen molar-refractivity contribution in [3.05, 3.63) is 23.9 Å². The Morgan fingerprint density at radius 1 is 1.40 bits per heavy atom. The zero-order valence-corrected chi connectivity index (χ0v) is 12.2. The van der Waals surface area contributed by atoms with Gasteiger partial charge in [0.2, 0.25) is 0 Å². The van der Waals surface area contributed by atoms with Gasteiger partial charge in [-0.15, -0.1) is 0 Å². The number of pyridine rings is 1. The zero-order chi connectivity index (χ0) is 15.2. The standard InChI is InChI=1S/C14H23F2N3O/c1-14(2,3)18-9-11-5-4-6-17-13(11)19(7-8-20)10-12(15)16/h4-6,12,18,20H,7-10H2,1-3H3. The zero-order valence-electron chi connectivity index (χ0n) is 12.2. The maximum atomic E-state index is 12.6. The second-order valence-electron chi connectivity index (χ2n) is 5.65. The Bertz CT molecular complexity index is 408. The van der Waals surface area contributed by atoms with Gasteiger partial charge in [0.05, 0.1) is 13.2 Å². The van der Waals surface area contributed by atoms with Crippen LogP contribution >= 0.6 is 0 Å². The first-order valence-corrected chi connectivity index (χ1v) is 6.66. The molecule has 1 heterocycles. The summed E-state index contributed by atoms with van der Waals surface area (Å²) in [6, 6.07) is 3.64. The Morgan fingerprint density at radius 3 is 2.65 bits per heavy atom. The molecule has 0 aromatic carbocycles. The number of aliphatic hydroxyl groups is 1. The minimum Gasteiger partial charge on any atom is -0.395 e. The molecule has 0 unspecified atom stereocenters. The third-order valence-corrected chi connectivity index (χ3v) is 2.70. The number of anilines is 1. The van der Waals surface area contributed by atoms with E-state index in [1.807, 2.05) is 26.8 Å². The smallest absolute Gasteiger partial charge is 0.255 e. The lowest BCUT2D eigenvalue weighted by atomic mass is 10.1. The molecular weight excluding hydrogens is 264 g/mol. The molecule has 1 aromatic rings. The van der Waals surface area contributed by atoms with E-state index in [4.69, 9.17) is 5.11 Å². The molecule has 0 radical (unpaired) electrons. The van der Waals surface area contributed by atoms with Crippen LogP contribution in [0, 0.1) is 0 Å². The van der Waals surface area contributed by atoms with Gasteiger partial charge in [-0.2, -0.15) is 0 Å². The lowest BCUT2D eigenvalue weighted by Crippen LogP contribution is -2.37. The van der Waals surface area contributed by atoms with E-state index in [1.54, 1.807) is 12.3 Å². The Kier molecular flexibility index (Phi) is 6.29. The number of rotatable bonds is 7. The number of alkyl halides is 2. The van der Waals surface area contributed by atoms with E-state index in [0.29, 0.717) is 12.4 Å².